The summed E-state index contributed by atoms with van der Waals surface area (Å²) in [5, 5.41) is 2.49. The highest BCUT2D eigenvalue weighted by molar-refractivity contribution is 7.42. The fourth-order valence-corrected chi connectivity index (χ4v) is 4.06. The first-order valence-corrected chi connectivity index (χ1v) is 10.2. The van der Waals surface area contributed by atoms with Gasteiger partial charge in [0.1, 0.15) is 18.3 Å². The van der Waals surface area contributed by atoms with Gasteiger partial charge in [0.25, 0.3) is 8.53 Å². The third-order valence-corrected chi connectivity index (χ3v) is 5.08. The van der Waals surface area contributed by atoms with E-state index in [2.05, 4.69) is 5.09 Å². The zero-order chi connectivity index (χ0) is 18.7. The molecule has 0 aromatic heterocycles. The number of hydrogen-bond donors (Lipinski definition) is 5. The number of methoxy groups -OCH3 is 1. The Bertz CT molecular complexity index is 567. The number of benzene rings is 1. The van der Waals surface area contributed by atoms with Crippen LogP contribution >= 0.6 is 17.1 Å². The van der Waals surface area contributed by atoms with Crippen molar-refractivity contribution in [1.82, 2.24) is 5.09 Å². The zero-order valence-corrected chi connectivity index (χ0v) is 15.6. The lowest BCUT2D eigenvalue weighted by atomic mass is 9.96. The molecule has 2 saturated heterocycles. The van der Waals surface area contributed by atoms with E-state index in [1.807, 2.05) is 30.3 Å². The van der Waals surface area contributed by atoms with Gasteiger partial charge in [0.05, 0.1) is 12.6 Å². The molecule has 0 amide bonds. The molecule has 0 spiro atoms. The summed E-state index contributed by atoms with van der Waals surface area (Å²) in [7, 11) is -3.87. The Kier molecular flexibility index (Phi) is 7.26. The summed E-state index contributed by atoms with van der Waals surface area (Å²) in [6.07, 6.45) is -3.95. The van der Waals surface area contributed by atoms with Gasteiger partial charge in [-0.1, -0.05) is 30.3 Å². The van der Waals surface area contributed by atoms with Gasteiger partial charge in [0.15, 0.2) is 12.6 Å². The second-order valence-electron chi connectivity index (χ2n) is 5.72. The van der Waals surface area contributed by atoms with Crippen molar-refractivity contribution < 1.29 is 43.0 Å². The molecule has 0 saturated carbocycles. The molecular formula is C14H21NO9P2. The molecule has 0 bridgehead atoms. The minimum absolute atomic E-state index is 0.165. The predicted octanol–water partition coefficient (Wildman–Crippen LogP) is 0.238. The molecule has 2 aliphatic rings. The van der Waals surface area contributed by atoms with Gasteiger partial charge >= 0.3 is 8.60 Å². The van der Waals surface area contributed by atoms with Gasteiger partial charge in [-0.05, 0) is 0 Å². The van der Waals surface area contributed by atoms with Crippen molar-refractivity contribution in [2.75, 3.05) is 13.7 Å². The number of hydrogen-bond acceptors (Lipinski definition) is 10. The van der Waals surface area contributed by atoms with E-state index >= 15 is 0 Å². The highest BCUT2D eigenvalue weighted by Crippen LogP contribution is 2.41. The van der Waals surface area contributed by atoms with Crippen LogP contribution in [0.1, 0.15) is 11.9 Å². The largest absolute Gasteiger partial charge is 0.354 e. The predicted molar refractivity (Wildman–Crippen MR) is 90.2 cm³/mol. The molecule has 146 valence electrons. The van der Waals surface area contributed by atoms with Gasteiger partial charge in [-0.3, -0.25) is 0 Å². The smallest absolute Gasteiger partial charge is 0.327 e. The summed E-state index contributed by atoms with van der Waals surface area (Å²) in [6, 6.07) is 8.32. The molecular weight excluding hydrogens is 388 g/mol. The van der Waals surface area contributed by atoms with Crippen LogP contribution in [0.3, 0.4) is 0 Å². The van der Waals surface area contributed by atoms with Crippen LogP contribution in [0.5, 0.6) is 0 Å². The van der Waals surface area contributed by atoms with E-state index in [4.69, 9.17) is 23.5 Å². The summed E-state index contributed by atoms with van der Waals surface area (Å²) in [6.45, 7) is 0.165. The molecule has 0 aliphatic carbocycles. The highest BCUT2D eigenvalue weighted by atomic mass is 31.2. The van der Waals surface area contributed by atoms with Gasteiger partial charge in [0.2, 0.25) is 0 Å². The van der Waals surface area contributed by atoms with Crippen molar-refractivity contribution in [2.24, 2.45) is 0 Å². The molecule has 1 aromatic rings. The van der Waals surface area contributed by atoms with Crippen molar-refractivity contribution in [2.45, 2.75) is 36.9 Å². The fraction of sp³-hybridized carbons (Fsp3) is 0.571. The molecule has 2 aliphatic heterocycles. The quantitative estimate of drug-likeness (QED) is 0.415. The molecule has 6 atom stereocenters. The molecule has 2 fully saturated rings. The minimum atomic E-state index is -2.73. The average Bonchev–Trinajstić information content (AvgIpc) is 2.63. The van der Waals surface area contributed by atoms with Gasteiger partial charge in [0, 0.05) is 12.7 Å². The molecule has 26 heavy (non-hydrogen) atoms. The molecule has 4 unspecified atom stereocenters. The van der Waals surface area contributed by atoms with Gasteiger partial charge < -0.3 is 43.0 Å². The first-order valence-electron chi connectivity index (χ1n) is 7.78. The molecule has 1 aromatic carbocycles. The zero-order valence-electron chi connectivity index (χ0n) is 13.8. The first kappa shape index (κ1) is 20.4. The number of rotatable bonds is 6. The third kappa shape index (κ3) is 4.74. The SMILES string of the molecule is CO[C@H]1OC2COC(c3ccccc3)O[C@H]2C(OP(O)O)C1NP(O)O. The molecule has 10 nitrogen and oxygen atoms in total. The Morgan fingerprint density at radius 2 is 1.85 bits per heavy atom. The maximum absolute atomic E-state index is 9.37. The van der Waals surface area contributed by atoms with Crippen molar-refractivity contribution >= 4 is 17.1 Å². The number of nitrogens with one attached hydrogen (secondary N) is 1. The number of fused-ring (bicyclic) bond motifs is 1. The molecule has 12 heteroatoms. The van der Waals surface area contributed by atoms with Crippen molar-refractivity contribution in [3.63, 3.8) is 0 Å². The summed E-state index contributed by atoms with van der Waals surface area (Å²) in [5.41, 5.74) is 0.782. The lowest BCUT2D eigenvalue weighted by Crippen LogP contribution is -2.65. The Hall–Kier alpha value is -0.320. The van der Waals surface area contributed by atoms with Crippen LogP contribution < -0.4 is 5.09 Å². The Labute approximate surface area is 152 Å². The second-order valence-corrected chi connectivity index (χ2v) is 7.28. The standard InChI is InChI=1S/C14H21NO9P2/c1-20-14-10(15-25(16)17)12(24-26(18)19)11-9(22-14)7-21-13(23-11)8-5-3-2-4-6-8/h2-6,9-19H,7H2,1H3/t9?,10?,11-,12?,13?,14+/m1/s1. The van der Waals surface area contributed by atoms with E-state index in [9.17, 15) is 19.6 Å². The molecule has 2 heterocycles. The summed E-state index contributed by atoms with van der Waals surface area (Å²) in [4.78, 5) is 37.4. The van der Waals surface area contributed by atoms with Gasteiger partial charge in [-0.15, -0.1) is 0 Å². The Morgan fingerprint density at radius 1 is 1.12 bits per heavy atom. The molecule has 5 N–H and O–H groups in total. The first-order chi connectivity index (χ1) is 12.5. The third-order valence-electron chi connectivity index (χ3n) is 4.12. The van der Waals surface area contributed by atoms with E-state index in [0.29, 0.717) is 0 Å². The van der Waals surface area contributed by atoms with E-state index in [1.54, 1.807) is 0 Å². The Balaban J connectivity index is 1.84. The topological polar surface area (TPSA) is 139 Å². The summed E-state index contributed by atoms with van der Waals surface area (Å²) in [5.74, 6) is 0. The summed E-state index contributed by atoms with van der Waals surface area (Å²) < 4.78 is 27.9. The maximum Gasteiger partial charge on any atom is 0.327 e. The fourth-order valence-electron chi connectivity index (χ4n) is 3.06. The van der Waals surface area contributed by atoms with E-state index in [1.165, 1.54) is 7.11 Å². The van der Waals surface area contributed by atoms with Crippen LogP contribution in [0.2, 0.25) is 0 Å². The van der Waals surface area contributed by atoms with Gasteiger partial charge in [-0.2, -0.15) is 0 Å². The van der Waals surface area contributed by atoms with Crippen molar-refractivity contribution in [1.29, 1.82) is 0 Å². The van der Waals surface area contributed by atoms with Crippen LogP contribution in [-0.2, 0) is 23.5 Å². The van der Waals surface area contributed by atoms with Crippen LogP contribution in [0.4, 0.5) is 0 Å². The van der Waals surface area contributed by atoms with Crippen LogP contribution in [0.15, 0.2) is 30.3 Å². The monoisotopic (exact) mass is 409 g/mol. The van der Waals surface area contributed by atoms with Gasteiger partial charge in [-0.25, -0.2) is 5.09 Å². The minimum Gasteiger partial charge on any atom is -0.354 e. The lowest BCUT2D eigenvalue weighted by molar-refractivity contribution is -0.337. The molecule has 3 rings (SSSR count). The second kappa shape index (κ2) is 9.25. The van der Waals surface area contributed by atoms with E-state index < -0.39 is 54.1 Å². The van der Waals surface area contributed by atoms with E-state index in [-0.39, 0.29) is 6.61 Å². The molecule has 0 radical (unpaired) electrons. The normalized spacial score (nSPS) is 34.9. The van der Waals surface area contributed by atoms with Crippen LogP contribution in [0, 0.1) is 0 Å². The maximum atomic E-state index is 9.37. The Morgan fingerprint density at radius 3 is 2.46 bits per heavy atom. The highest BCUT2D eigenvalue weighted by Gasteiger charge is 2.52. The summed E-state index contributed by atoms with van der Waals surface area (Å²) >= 11 is 0. The lowest BCUT2D eigenvalue weighted by Gasteiger charge is -2.48. The van der Waals surface area contributed by atoms with Crippen LogP contribution in [-0.4, -0.2) is 63.9 Å². The van der Waals surface area contributed by atoms with Crippen LogP contribution in [0.25, 0.3) is 0 Å². The van der Waals surface area contributed by atoms with E-state index in [0.717, 1.165) is 5.56 Å². The average molecular weight is 409 g/mol. The number of ether oxygens (including phenoxy) is 4. The van der Waals surface area contributed by atoms with Crippen molar-refractivity contribution in [3.8, 4) is 0 Å². The van der Waals surface area contributed by atoms with Crippen molar-refractivity contribution in [3.05, 3.63) is 35.9 Å².